The monoisotopic (exact) mass is 215 g/mol. The molecule has 0 aliphatic carbocycles. The first-order valence-electron chi connectivity index (χ1n) is 5.85. The maximum absolute atomic E-state index is 11.3. The topological polar surface area (TPSA) is 29.5 Å². The van der Waals surface area contributed by atoms with Crippen LogP contribution in [-0.4, -0.2) is 37.1 Å². The molecule has 90 valence electrons. The normalized spacial score (nSPS) is 11.5. The molecule has 15 heavy (non-hydrogen) atoms. The minimum absolute atomic E-state index is 0.137. The van der Waals surface area contributed by atoms with Crippen molar-refractivity contribution in [1.29, 1.82) is 0 Å². The van der Waals surface area contributed by atoms with Gasteiger partial charge in [0.25, 0.3) is 0 Å². The highest BCUT2D eigenvalue weighted by atomic mass is 16.5. The fraction of sp³-hybridized carbons (Fsp3) is 0.917. The number of rotatable bonds is 7. The van der Waals surface area contributed by atoms with Crippen molar-refractivity contribution in [3.05, 3.63) is 0 Å². The first kappa shape index (κ1) is 14.4. The van der Waals surface area contributed by atoms with Crippen molar-refractivity contribution in [3.8, 4) is 0 Å². The van der Waals surface area contributed by atoms with Gasteiger partial charge in [-0.05, 0) is 18.8 Å². The number of nitrogens with zero attached hydrogens (tertiary/aromatic N) is 1. The SMILES string of the molecule is CCC(CC)N(CC(=O)OC)CC(C)C. The fourth-order valence-electron chi connectivity index (χ4n) is 1.85. The van der Waals surface area contributed by atoms with Gasteiger partial charge in [-0.1, -0.05) is 27.7 Å². The largest absolute Gasteiger partial charge is 0.468 e. The van der Waals surface area contributed by atoms with Crippen LogP contribution in [-0.2, 0) is 9.53 Å². The Hall–Kier alpha value is -0.570. The number of ether oxygens (including phenoxy) is 1. The number of hydrogen-bond acceptors (Lipinski definition) is 3. The van der Waals surface area contributed by atoms with Crippen molar-refractivity contribution >= 4 is 5.97 Å². The van der Waals surface area contributed by atoms with Gasteiger partial charge in [0, 0.05) is 12.6 Å². The number of carbonyl (C=O) groups is 1. The summed E-state index contributed by atoms with van der Waals surface area (Å²) in [5.41, 5.74) is 0. The molecule has 0 bridgehead atoms. The molecule has 0 spiro atoms. The molecule has 0 atom stereocenters. The smallest absolute Gasteiger partial charge is 0.319 e. The second kappa shape index (κ2) is 7.69. The average Bonchev–Trinajstić information content (AvgIpc) is 2.18. The summed E-state index contributed by atoms with van der Waals surface area (Å²) in [4.78, 5) is 13.5. The lowest BCUT2D eigenvalue weighted by atomic mass is 10.1. The summed E-state index contributed by atoms with van der Waals surface area (Å²) in [6.45, 7) is 10.1. The number of hydrogen-bond donors (Lipinski definition) is 0. The molecular formula is C12H25NO2. The van der Waals surface area contributed by atoms with E-state index in [9.17, 15) is 4.79 Å². The van der Waals surface area contributed by atoms with Gasteiger partial charge in [0.1, 0.15) is 0 Å². The van der Waals surface area contributed by atoms with Crippen LogP contribution in [0.5, 0.6) is 0 Å². The van der Waals surface area contributed by atoms with Crippen LogP contribution in [0, 0.1) is 5.92 Å². The van der Waals surface area contributed by atoms with Gasteiger partial charge in [-0.15, -0.1) is 0 Å². The predicted molar refractivity (Wildman–Crippen MR) is 62.8 cm³/mol. The van der Waals surface area contributed by atoms with Crippen LogP contribution in [0.2, 0.25) is 0 Å². The van der Waals surface area contributed by atoms with Crippen molar-refractivity contribution in [2.24, 2.45) is 5.92 Å². The van der Waals surface area contributed by atoms with Crippen LogP contribution in [0.1, 0.15) is 40.5 Å². The van der Waals surface area contributed by atoms with Crippen LogP contribution < -0.4 is 0 Å². The summed E-state index contributed by atoms with van der Waals surface area (Å²) in [6, 6.07) is 0.492. The molecule has 0 amide bonds. The third-order valence-corrected chi connectivity index (χ3v) is 2.62. The maximum Gasteiger partial charge on any atom is 0.319 e. The molecule has 0 fully saturated rings. The lowest BCUT2D eigenvalue weighted by Crippen LogP contribution is -2.41. The molecule has 0 heterocycles. The Morgan fingerprint density at radius 1 is 1.27 bits per heavy atom. The fourth-order valence-corrected chi connectivity index (χ4v) is 1.85. The quantitative estimate of drug-likeness (QED) is 0.610. The molecule has 3 heteroatoms. The van der Waals surface area contributed by atoms with Gasteiger partial charge in [0.05, 0.1) is 13.7 Å². The van der Waals surface area contributed by atoms with E-state index < -0.39 is 0 Å². The molecular weight excluding hydrogens is 190 g/mol. The summed E-state index contributed by atoms with van der Waals surface area (Å²) < 4.78 is 4.72. The third-order valence-electron chi connectivity index (χ3n) is 2.62. The van der Waals surface area contributed by atoms with Gasteiger partial charge in [-0.3, -0.25) is 9.69 Å². The zero-order chi connectivity index (χ0) is 11.8. The van der Waals surface area contributed by atoms with Crippen LogP contribution in [0.15, 0.2) is 0 Å². The summed E-state index contributed by atoms with van der Waals surface area (Å²) >= 11 is 0. The Balaban J connectivity index is 4.34. The van der Waals surface area contributed by atoms with Crippen molar-refractivity contribution in [3.63, 3.8) is 0 Å². The van der Waals surface area contributed by atoms with E-state index >= 15 is 0 Å². The highest BCUT2D eigenvalue weighted by molar-refractivity contribution is 5.71. The molecule has 0 aromatic heterocycles. The minimum Gasteiger partial charge on any atom is -0.468 e. The summed E-state index contributed by atoms with van der Waals surface area (Å²) in [5.74, 6) is 0.442. The Morgan fingerprint density at radius 3 is 2.13 bits per heavy atom. The zero-order valence-electron chi connectivity index (χ0n) is 10.7. The minimum atomic E-state index is -0.137. The van der Waals surface area contributed by atoms with Crippen LogP contribution in [0.4, 0.5) is 0 Å². The molecule has 0 N–H and O–H groups in total. The molecule has 0 aromatic carbocycles. The third kappa shape index (κ3) is 5.78. The van der Waals surface area contributed by atoms with E-state index in [4.69, 9.17) is 4.74 Å². The second-order valence-corrected chi connectivity index (χ2v) is 4.37. The van der Waals surface area contributed by atoms with E-state index in [1.165, 1.54) is 7.11 Å². The van der Waals surface area contributed by atoms with Gasteiger partial charge < -0.3 is 4.74 Å². The van der Waals surface area contributed by atoms with Crippen LogP contribution >= 0.6 is 0 Å². The molecule has 0 unspecified atom stereocenters. The summed E-state index contributed by atoms with van der Waals surface area (Å²) in [6.07, 6.45) is 2.17. The van der Waals surface area contributed by atoms with Crippen molar-refractivity contribution in [1.82, 2.24) is 4.90 Å². The average molecular weight is 215 g/mol. The van der Waals surface area contributed by atoms with Gasteiger partial charge in [-0.25, -0.2) is 0 Å². The molecule has 3 nitrogen and oxygen atoms in total. The molecule has 0 rings (SSSR count). The van der Waals surface area contributed by atoms with Crippen molar-refractivity contribution in [2.75, 3.05) is 20.2 Å². The first-order chi connectivity index (χ1) is 7.04. The predicted octanol–water partition coefficient (Wildman–Crippen LogP) is 2.31. The molecule has 0 radical (unpaired) electrons. The Kier molecular flexibility index (Phi) is 7.39. The Bertz CT molecular complexity index is 176. The molecule has 0 saturated carbocycles. The molecule has 0 saturated heterocycles. The van der Waals surface area contributed by atoms with Crippen LogP contribution in [0.3, 0.4) is 0 Å². The van der Waals surface area contributed by atoms with Gasteiger partial charge in [-0.2, -0.15) is 0 Å². The standard InChI is InChI=1S/C12H25NO2/c1-6-11(7-2)13(8-10(3)4)9-12(14)15-5/h10-11H,6-9H2,1-5H3. The Morgan fingerprint density at radius 2 is 1.80 bits per heavy atom. The van der Waals surface area contributed by atoms with E-state index in [2.05, 4.69) is 32.6 Å². The van der Waals surface area contributed by atoms with Gasteiger partial charge >= 0.3 is 5.97 Å². The highest BCUT2D eigenvalue weighted by Crippen LogP contribution is 2.11. The van der Waals surface area contributed by atoms with E-state index in [1.54, 1.807) is 0 Å². The molecule has 0 aliphatic rings. The number of esters is 1. The second-order valence-electron chi connectivity index (χ2n) is 4.37. The summed E-state index contributed by atoms with van der Waals surface area (Å²) in [7, 11) is 1.45. The maximum atomic E-state index is 11.3. The summed E-state index contributed by atoms with van der Waals surface area (Å²) in [5, 5.41) is 0. The van der Waals surface area contributed by atoms with Crippen LogP contribution in [0.25, 0.3) is 0 Å². The molecule has 0 aliphatic heterocycles. The van der Waals surface area contributed by atoms with Gasteiger partial charge in [0.2, 0.25) is 0 Å². The number of carbonyl (C=O) groups excluding carboxylic acids is 1. The lowest BCUT2D eigenvalue weighted by Gasteiger charge is -2.30. The van der Waals surface area contributed by atoms with E-state index in [0.29, 0.717) is 18.5 Å². The zero-order valence-corrected chi connectivity index (χ0v) is 10.7. The lowest BCUT2D eigenvalue weighted by molar-refractivity contribution is -0.142. The van der Waals surface area contributed by atoms with Gasteiger partial charge in [0.15, 0.2) is 0 Å². The first-order valence-corrected chi connectivity index (χ1v) is 5.85. The van der Waals surface area contributed by atoms with Crippen molar-refractivity contribution < 1.29 is 9.53 Å². The van der Waals surface area contributed by atoms with E-state index in [0.717, 1.165) is 19.4 Å². The van der Waals surface area contributed by atoms with E-state index in [1.807, 2.05) is 0 Å². The number of methoxy groups -OCH3 is 1. The molecule has 0 aromatic rings. The van der Waals surface area contributed by atoms with Crippen molar-refractivity contribution in [2.45, 2.75) is 46.6 Å². The highest BCUT2D eigenvalue weighted by Gasteiger charge is 2.19. The van der Waals surface area contributed by atoms with E-state index in [-0.39, 0.29) is 5.97 Å². The Labute approximate surface area is 93.8 Å².